The molecule has 0 aliphatic heterocycles. The van der Waals surface area contributed by atoms with Crippen LogP contribution in [0.25, 0.3) is 0 Å². The first-order valence-electron chi connectivity index (χ1n) is 5.19. The van der Waals surface area contributed by atoms with Crippen molar-refractivity contribution in [3.63, 3.8) is 0 Å². The second kappa shape index (κ2) is 6.73. The minimum atomic E-state index is 0.750. The van der Waals surface area contributed by atoms with E-state index >= 15 is 0 Å². The standard InChI is InChI=1S/C11H14N2OS2/c1(10-2-7-15-9-10)3-12-5-8-16-11-13-4-6-14-11/h2,4,6-7,9,12H,1,3,5,8H2. The van der Waals surface area contributed by atoms with Gasteiger partial charge in [0.05, 0.1) is 6.20 Å². The lowest BCUT2D eigenvalue weighted by Crippen LogP contribution is -2.19. The number of nitrogens with zero attached hydrogens (tertiary/aromatic N) is 1. The Morgan fingerprint density at radius 3 is 3.19 bits per heavy atom. The van der Waals surface area contributed by atoms with Crippen LogP contribution in [0.5, 0.6) is 0 Å². The predicted octanol–water partition coefficient (Wildman–Crippen LogP) is 2.66. The Morgan fingerprint density at radius 2 is 2.44 bits per heavy atom. The summed E-state index contributed by atoms with van der Waals surface area (Å²) in [5.41, 5.74) is 1.41. The predicted molar refractivity (Wildman–Crippen MR) is 68.1 cm³/mol. The maximum absolute atomic E-state index is 5.12. The molecule has 2 rings (SSSR count). The number of hydrogen-bond acceptors (Lipinski definition) is 5. The van der Waals surface area contributed by atoms with Crippen molar-refractivity contribution in [1.82, 2.24) is 10.3 Å². The van der Waals surface area contributed by atoms with Gasteiger partial charge < -0.3 is 9.73 Å². The van der Waals surface area contributed by atoms with E-state index in [2.05, 4.69) is 27.1 Å². The highest BCUT2D eigenvalue weighted by Crippen LogP contribution is 2.13. The second-order valence-corrected chi connectivity index (χ2v) is 5.10. The molecular weight excluding hydrogens is 240 g/mol. The Bertz CT molecular complexity index is 334. The summed E-state index contributed by atoms with van der Waals surface area (Å²) >= 11 is 3.39. The summed E-state index contributed by atoms with van der Waals surface area (Å²) < 4.78 is 5.12. The molecule has 0 spiro atoms. The van der Waals surface area contributed by atoms with Gasteiger partial charge in [-0.2, -0.15) is 11.3 Å². The summed E-state index contributed by atoms with van der Waals surface area (Å²) in [6.45, 7) is 2.01. The molecule has 0 atom stereocenters. The molecule has 3 nitrogen and oxygen atoms in total. The molecular formula is C11H14N2OS2. The largest absolute Gasteiger partial charge is 0.440 e. The number of rotatable bonds is 7. The van der Waals surface area contributed by atoms with Gasteiger partial charge in [0.1, 0.15) is 6.26 Å². The van der Waals surface area contributed by atoms with E-state index in [9.17, 15) is 0 Å². The molecule has 0 aliphatic carbocycles. The van der Waals surface area contributed by atoms with Crippen LogP contribution in [0.2, 0.25) is 0 Å². The third kappa shape index (κ3) is 4.00. The van der Waals surface area contributed by atoms with Crippen LogP contribution < -0.4 is 5.32 Å². The topological polar surface area (TPSA) is 38.1 Å². The van der Waals surface area contributed by atoms with Crippen LogP contribution in [0.3, 0.4) is 0 Å². The minimum Gasteiger partial charge on any atom is -0.440 e. The van der Waals surface area contributed by atoms with Crippen LogP contribution in [-0.2, 0) is 6.42 Å². The van der Waals surface area contributed by atoms with Crippen LogP contribution in [0, 0.1) is 0 Å². The van der Waals surface area contributed by atoms with Crippen LogP contribution in [-0.4, -0.2) is 23.8 Å². The third-order valence-electron chi connectivity index (χ3n) is 2.08. The fourth-order valence-corrected chi connectivity index (χ4v) is 2.67. The molecule has 0 fully saturated rings. The Hall–Kier alpha value is -0.780. The van der Waals surface area contributed by atoms with Crippen molar-refractivity contribution in [3.05, 3.63) is 34.8 Å². The molecule has 1 N–H and O–H groups in total. The SMILES string of the molecule is c1coc(SCCNCCc2ccsc2)n1. The molecule has 2 heterocycles. The lowest BCUT2D eigenvalue weighted by atomic mass is 10.2. The molecule has 0 radical (unpaired) electrons. The first-order chi connectivity index (χ1) is 7.95. The quantitative estimate of drug-likeness (QED) is 0.609. The van der Waals surface area contributed by atoms with Crippen LogP contribution in [0.15, 0.2) is 38.9 Å². The summed E-state index contributed by atoms with van der Waals surface area (Å²) in [6.07, 6.45) is 4.38. The maximum Gasteiger partial charge on any atom is 0.255 e. The van der Waals surface area contributed by atoms with Crippen molar-refractivity contribution in [3.8, 4) is 0 Å². The van der Waals surface area contributed by atoms with Gasteiger partial charge in [0.25, 0.3) is 5.22 Å². The van der Waals surface area contributed by atoms with E-state index in [-0.39, 0.29) is 0 Å². The average Bonchev–Trinajstić information content (AvgIpc) is 2.96. The second-order valence-electron chi connectivity index (χ2n) is 3.28. The van der Waals surface area contributed by atoms with Crippen LogP contribution >= 0.6 is 23.1 Å². The smallest absolute Gasteiger partial charge is 0.255 e. The van der Waals surface area contributed by atoms with Crippen molar-refractivity contribution in [1.29, 1.82) is 0 Å². The lowest BCUT2D eigenvalue weighted by Gasteiger charge is -2.01. The molecule has 0 amide bonds. The third-order valence-corrected chi connectivity index (χ3v) is 3.67. The van der Waals surface area contributed by atoms with Crippen molar-refractivity contribution < 1.29 is 4.42 Å². The number of nitrogens with one attached hydrogen (secondary N) is 1. The Balaban J connectivity index is 1.49. The summed E-state index contributed by atoms with van der Waals surface area (Å²) in [7, 11) is 0. The maximum atomic E-state index is 5.12. The Labute approximate surface area is 103 Å². The molecule has 0 aromatic carbocycles. The van der Waals surface area contributed by atoms with Crippen LogP contribution in [0.1, 0.15) is 5.56 Å². The molecule has 2 aromatic heterocycles. The fraction of sp³-hybridized carbons (Fsp3) is 0.364. The molecule has 2 aromatic rings. The van der Waals surface area contributed by atoms with Gasteiger partial charge >= 0.3 is 0 Å². The van der Waals surface area contributed by atoms with Crippen molar-refractivity contribution in [2.24, 2.45) is 0 Å². The van der Waals surface area contributed by atoms with E-state index in [1.54, 1.807) is 35.6 Å². The lowest BCUT2D eigenvalue weighted by molar-refractivity contribution is 0.454. The molecule has 5 heteroatoms. The molecule has 0 unspecified atom stereocenters. The number of thiophene rings is 1. The molecule has 0 saturated heterocycles. The van der Waals surface area contributed by atoms with Gasteiger partial charge in [-0.1, -0.05) is 11.8 Å². The van der Waals surface area contributed by atoms with E-state index in [0.29, 0.717) is 0 Å². The first kappa shape index (κ1) is 11.7. The number of hydrogen-bond donors (Lipinski definition) is 1. The Morgan fingerprint density at radius 1 is 1.44 bits per heavy atom. The van der Waals surface area contributed by atoms with Gasteiger partial charge in [0.15, 0.2) is 0 Å². The van der Waals surface area contributed by atoms with Crippen molar-refractivity contribution >= 4 is 23.1 Å². The first-order valence-corrected chi connectivity index (χ1v) is 7.12. The van der Waals surface area contributed by atoms with Gasteiger partial charge in [-0.05, 0) is 35.4 Å². The Kier molecular flexibility index (Phi) is 4.92. The van der Waals surface area contributed by atoms with Crippen LogP contribution in [0.4, 0.5) is 0 Å². The normalized spacial score (nSPS) is 10.8. The van der Waals surface area contributed by atoms with Gasteiger partial charge in [0.2, 0.25) is 0 Å². The molecule has 0 bridgehead atoms. The summed E-state index contributed by atoms with van der Waals surface area (Å²) in [5.74, 6) is 0.990. The van der Waals surface area contributed by atoms with E-state index in [1.165, 1.54) is 5.56 Å². The van der Waals surface area contributed by atoms with Gasteiger partial charge in [-0.25, -0.2) is 4.98 Å². The highest BCUT2D eigenvalue weighted by molar-refractivity contribution is 7.99. The summed E-state index contributed by atoms with van der Waals surface area (Å²) in [4.78, 5) is 4.04. The number of oxazole rings is 1. The van der Waals surface area contributed by atoms with Crippen molar-refractivity contribution in [2.75, 3.05) is 18.8 Å². The number of aromatic nitrogens is 1. The number of thioether (sulfide) groups is 1. The van der Waals surface area contributed by atoms with E-state index in [0.717, 1.165) is 30.5 Å². The molecule has 0 saturated carbocycles. The minimum absolute atomic E-state index is 0.750. The highest BCUT2D eigenvalue weighted by atomic mass is 32.2. The summed E-state index contributed by atoms with van der Waals surface area (Å²) in [5, 5.41) is 8.47. The van der Waals surface area contributed by atoms with E-state index in [4.69, 9.17) is 4.42 Å². The van der Waals surface area contributed by atoms with Crippen molar-refractivity contribution in [2.45, 2.75) is 11.6 Å². The zero-order valence-electron chi connectivity index (χ0n) is 8.89. The monoisotopic (exact) mass is 254 g/mol. The summed E-state index contributed by atoms with van der Waals surface area (Å²) in [6, 6.07) is 2.17. The zero-order chi connectivity index (χ0) is 11.1. The average molecular weight is 254 g/mol. The van der Waals surface area contributed by atoms with Gasteiger partial charge in [0, 0.05) is 12.3 Å². The van der Waals surface area contributed by atoms with E-state index < -0.39 is 0 Å². The van der Waals surface area contributed by atoms with Gasteiger partial charge in [-0.15, -0.1) is 0 Å². The van der Waals surface area contributed by atoms with E-state index in [1.807, 2.05) is 0 Å². The fourth-order valence-electron chi connectivity index (χ4n) is 1.28. The highest BCUT2D eigenvalue weighted by Gasteiger charge is 1.97. The molecule has 86 valence electrons. The molecule has 16 heavy (non-hydrogen) atoms. The molecule has 0 aliphatic rings. The van der Waals surface area contributed by atoms with Gasteiger partial charge in [-0.3, -0.25) is 0 Å². The zero-order valence-corrected chi connectivity index (χ0v) is 10.5.